The molecule has 1 aliphatic carbocycles. The number of halogens is 1. The lowest BCUT2D eigenvalue weighted by Gasteiger charge is -2.43. The van der Waals surface area contributed by atoms with Crippen molar-refractivity contribution in [1.82, 2.24) is 4.90 Å². The van der Waals surface area contributed by atoms with Gasteiger partial charge in [0.2, 0.25) is 0 Å². The predicted octanol–water partition coefficient (Wildman–Crippen LogP) is 4.47. The van der Waals surface area contributed by atoms with E-state index >= 15 is 0 Å². The molecular formula is C25H32IN3O4. The second-order valence-corrected chi connectivity index (χ2v) is 10.1. The molecule has 1 aromatic carbocycles. The maximum Gasteiger partial charge on any atom is 0.174 e. The first-order chi connectivity index (χ1) is 15.7. The lowest BCUT2D eigenvalue weighted by Crippen LogP contribution is -2.43. The molecule has 2 aliphatic rings. The average molecular weight is 565 g/mol. The van der Waals surface area contributed by atoms with Gasteiger partial charge in [-0.25, -0.2) is 0 Å². The standard InChI is InChI=1S/C25H32IN3O4/c1-6-32-20-11-15(10-17(26)23(20)33-7-2)21-16(14-27)24(28)29(8-9-31-5)18-12-25(3,4)13-19(30)22(18)21/h10-11,21H,6-9,12-13,28H2,1-5H3/t21-/m1/s1. The van der Waals surface area contributed by atoms with Crippen molar-refractivity contribution in [3.63, 3.8) is 0 Å². The molecule has 178 valence electrons. The summed E-state index contributed by atoms with van der Waals surface area (Å²) in [5.41, 5.74) is 9.10. The molecule has 1 aromatic rings. The van der Waals surface area contributed by atoms with Crippen molar-refractivity contribution >= 4 is 28.4 Å². The van der Waals surface area contributed by atoms with Crippen LogP contribution >= 0.6 is 22.6 Å². The molecule has 8 heteroatoms. The summed E-state index contributed by atoms with van der Waals surface area (Å²) < 4.78 is 17.8. The lowest BCUT2D eigenvalue weighted by atomic mass is 9.68. The van der Waals surface area contributed by atoms with Crippen molar-refractivity contribution in [3.05, 3.63) is 43.9 Å². The van der Waals surface area contributed by atoms with E-state index in [9.17, 15) is 10.1 Å². The van der Waals surface area contributed by atoms with Crippen LogP contribution in [-0.4, -0.2) is 44.2 Å². The second kappa shape index (κ2) is 10.3. The van der Waals surface area contributed by atoms with E-state index in [0.29, 0.717) is 67.7 Å². The molecule has 1 atom stereocenters. The minimum atomic E-state index is -0.546. The van der Waals surface area contributed by atoms with Gasteiger partial charge in [0.15, 0.2) is 17.3 Å². The third-order valence-corrected chi connectivity index (χ3v) is 6.76. The summed E-state index contributed by atoms with van der Waals surface area (Å²) in [6, 6.07) is 6.15. The van der Waals surface area contributed by atoms with E-state index in [4.69, 9.17) is 19.9 Å². The molecule has 0 amide bonds. The number of nitriles is 1. The van der Waals surface area contributed by atoms with Gasteiger partial charge in [-0.15, -0.1) is 0 Å². The Morgan fingerprint density at radius 1 is 1.24 bits per heavy atom. The van der Waals surface area contributed by atoms with Crippen LogP contribution in [0.2, 0.25) is 0 Å². The molecule has 0 fully saturated rings. The van der Waals surface area contributed by atoms with Crippen molar-refractivity contribution < 1.29 is 19.0 Å². The molecule has 0 unspecified atom stereocenters. The summed E-state index contributed by atoms with van der Waals surface area (Å²) in [5, 5.41) is 10.2. The third-order valence-electron chi connectivity index (χ3n) is 5.96. The van der Waals surface area contributed by atoms with Gasteiger partial charge in [-0.05, 0) is 66.0 Å². The minimum absolute atomic E-state index is 0.0516. The monoisotopic (exact) mass is 565 g/mol. The van der Waals surface area contributed by atoms with E-state index in [2.05, 4.69) is 42.5 Å². The zero-order valence-electron chi connectivity index (χ0n) is 20.0. The normalized spacial score (nSPS) is 20.0. The molecule has 0 aromatic heterocycles. The zero-order valence-corrected chi connectivity index (χ0v) is 22.1. The number of benzene rings is 1. The number of rotatable bonds is 8. The fourth-order valence-electron chi connectivity index (χ4n) is 4.65. The van der Waals surface area contributed by atoms with Gasteiger partial charge in [-0.3, -0.25) is 4.79 Å². The summed E-state index contributed by atoms with van der Waals surface area (Å²) in [6.45, 7) is 9.90. The number of nitrogens with two attached hydrogens (primary N) is 1. The Kier molecular flexibility index (Phi) is 7.96. The highest BCUT2D eigenvalue weighted by molar-refractivity contribution is 14.1. The van der Waals surface area contributed by atoms with Gasteiger partial charge in [0.1, 0.15) is 5.82 Å². The largest absolute Gasteiger partial charge is 0.490 e. The van der Waals surface area contributed by atoms with Crippen LogP contribution in [0.4, 0.5) is 0 Å². The maximum atomic E-state index is 13.5. The summed E-state index contributed by atoms with van der Waals surface area (Å²) in [5.74, 6) is 1.16. The maximum absolute atomic E-state index is 13.5. The molecule has 33 heavy (non-hydrogen) atoms. The van der Waals surface area contributed by atoms with Crippen molar-refractivity contribution in [2.45, 2.75) is 46.5 Å². The van der Waals surface area contributed by atoms with Gasteiger partial charge < -0.3 is 24.8 Å². The molecule has 0 saturated carbocycles. The number of carbonyl (C=O) groups is 1. The van der Waals surface area contributed by atoms with E-state index < -0.39 is 5.92 Å². The number of nitrogens with zero attached hydrogens (tertiary/aromatic N) is 2. The molecule has 1 heterocycles. The van der Waals surface area contributed by atoms with Crippen LogP contribution < -0.4 is 15.2 Å². The summed E-state index contributed by atoms with van der Waals surface area (Å²) >= 11 is 2.21. The topological polar surface area (TPSA) is 97.8 Å². The Morgan fingerprint density at radius 3 is 2.55 bits per heavy atom. The van der Waals surface area contributed by atoms with Crippen LogP contribution in [0, 0.1) is 20.3 Å². The molecule has 2 N–H and O–H groups in total. The number of carbonyl (C=O) groups excluding carboxylic acids is 1. The molecule has 0 radical (unpaired) electrons. The highest BCUT2D eigenvalue weighted by Gasteiger charge is 2.44. The van der Waals surface area contributed by atoms with Crippen LogP contribution in [0.3, 0.4) is 0 Å². The van der Waals surface area contributed by atoms with Crippen LogP contribution in [0.15, 0.2) is 34.8 Å². The van der Waals surface area contributed by atoms with Crippen LogP contribution in [0.1, 0.15) is 52.0 Å². The molecule has 0 bridgehead atoms. The summed E-state index contributed by atoms with van der Waals surface area (Å²) in [4.78, 5) is 15.4. The van der Waals surface area contributed by atoms with E-state index in [1.807, 2.05) is 30.9 Å². The number of ketones is 1. The lowest BCUT2D eigenvalue weighted by molar-refractivity contribution is -0.118. The Bertz CT molecular complexity index is 1040. The first kappa shape index (κ1) is 25.4. The van der Waals surface area contributed by atoms with Gasteiger partial charge in [0, 0.05) is 31.3 Å². The Labute approximate surface area is 209 Å². The number of Topliss-reactive ketones (excluding diaryl/α,β-unsaturated/α-hetero) is 1. The third kappa shape index (κ3) is 4.99. The fourth-order valence-corrected chi connectivity index (χ4v) is 5.43. The molecule has 1 aliphatic heterocycles. The molecular weight excluding hydrogens is 533 g/mol. The first-order valence-corrected chi connectivity index (χ1v) is 12.3. The van der Waals surface area contributed by atoms with Crippen molar-refractivity contribution in [3.8, 4) is 17.6 Å². The Hall–Kier alpha value is -2.25. The number of allylic oxidation sites excluding steroid dienone is 3. The molecule has 0 spiro atoms. The van der Waals surface area contributed by atoms with E-state index in [1.165, 1.54) is 0 Å². The number of hydrogen-bond acceptors (Lipinski definition) is 7. The van der Waals surface area contributed by atoms with Gasteiger partial charge in [-0.1, -0.05) is 13.8 Å². The van der Waals surface area contributed by atoms with Gasteiger partial charge in [-0.2, -0.15) is 5.26 Å². The number of ether oxygens (including phenoxy) is 3. The molecule has 0 saturated heterocycles. The van der Waals surface area contributed by atoms with Crippen molar-refractivity contribution in [2.75, 3.05) is 33.5 Å². The highest BCUT2D eigenvalue weighted by atomic mass is 127. The van der Waals surface area contributed by atoms with E-state index in [-0.39, 0.29) is 11.2 Å². The van der Waals surface area contributed by atoms with E-state index in [0.717, 1.165) is 14.8 Å². The van der Waals surface area contributed by atoms with E-state index in [1.54, 1.807) is 7.11 Å². The van der Waals surface area contributed by atoms with Crippen LogP contribution in [-0.2, 0) is 9.53 Å². The first-order valence-electron chi connectivity index (χ1n) is 11.2. The van der Waals surface area contributed by atoms with Gasteiger partial charge in [0.25, 0.3) is 0 Å². The average Bonchev–Trinajstić information content (AvgIpc) is 2.74. The van der Waals surface area contributed by atoms with Gasteiger partial charge in [0.05, 0.1) is 41.0 Å². The highest BCUT2D eigenvalue weighted by Crippen LogP contribution is 2.50. The SMILES string of the molecule is CCOc1cc([C@@H]2C(C#N)=C(N)N(CCOC)C3=C2C(=O)CC(C)(C)C3)cc(I)c1OCC. The van der Waals surface area contributed by atoms with Crippen LogP contribution in [0.25, 0.3) is 0 Å². The Morgan fingerprint density at radius 2 is 1.94 bits per heavy atom. The zero-order chi connectivity index (χ0) is 24.3. The smallest absolute Gasteiger partial charge is 0.174 e. The van der Waals surface area contributed by atoms with Crippen molar-refractivity contribution in [1.29, 1.82) is 5.26 Å². The summed E-state index contributed by atoms with van der Waals surface area (Å²) in [7, 11) is 1.63. The molecule has 3 rings (SSSR count). The summed E-state index contributed by atoms with van der Waals surface area (Å²) in [6.07, 6.45) is 1.12. The predicted molar refractivity (Wildman–Crippen MR) is 135 cm³/mol. The molecule has 7 nitrogen and oxygen atoms in total. The number of hydrogen-bond donors (Lipinski definition) is 1. The Balaban J connectivity index is 2.25. The second-order valence-electron chi connectivity index (χ2n) is 8.99. The van der Waals surface area contributed by atoms with Crippen LogP contribution in [0.5, 0.6) is 11.5 Å². The fraction of sp³-hybridized carbons (Fsp3) is 0.520. The minimum Gasteiger partial charge on any atom is -0.490 e. The van der Waals surface area contributed by atoms with Gasteiger partial charge >= 0.3 is 0 Å². The van der Waals surface area contributed by atoms with Crippen molar-refractivity contribution in [2.24, 2.45) is 11.1 Å². The number of methoxy groups -OCH3 is 1. The quantitative estimate of drug-likeness (QED) is 0.465.